The summed E-state index contributed by atoms with van der Waals surface area (Å²) in [5, 5.41) is 0.204. The van der Waals surface area contributed by atoms with Gasteiger partial charge in [-0.05, 0) is 58.8 Å². The number of hydrogen-bond donors (Lipinski definition) is 0. The Morgan fingerprint density at radius 2 is 1.48 bits per heavy atom. The van der Waals surface area contributed by atoms with Gasteiger partial charge in [-0.15, -0.1) is 0 Å². The molecule has 0 aliphatic heterocycles. The van der Waals surface area contributed by atoms with Gasteiger partial charge < -0.3 is 4.74 Å². The van der Waals surface area contributed by atoms with Gasteiger partial charge in [0, 0.05) is 10.9 Å². The Morgan fingerprint density at radius 1 is 0.758 bits per heavy atom. The van der Waals surface area contributed by atoms with Crippen molar-refractivity contribution in [1.82, 2.24) is 0 Å². The highest BCUT2D eigenvalue weighted by Crippen LogP contribution is 2.35. The first-order chi connectivity index (χ1) is 15.8. The van der Waals surface area contributed by atoms with Crippen LogP contribution in [0.4, 0.5) is 26.3 Å². The predicted molar refractivity (Wildman–Crippen MR) is 115 cm³/mol. The summed E-state index contributed by atoms with van der Waals surface area (Å²) in [5.74, 6) is -4.04. The number of benzene rings is 4. The first-order valence-electron chi connectivity index (χ1n) is 10.2. The van der Waals surface area contributed by atoms with Gasteiger partial charge in [0.25, 0.3) is 0 Å². The van der Waals surface area contributed by atoms with Gasteiger partial charge >= 0.3 is 6.61 Å². The summed E-state index contributed by atoms with van der Waals surface area (Å²) in [7, 11) is 0. The van der Waals surface area contributed by atoms with Gasteiger partial charge in [-0.1, -0.05) is 43.7 Å². The highest BCUT2D eigenvalue weighted by atomic mass is 19.3. The Labute approximate surface area is 186 Å². The van der Waals surface area contributed by atoms with Crippen molar-refractivity contribution >= 4 is 10.8 Å². The van der Waals surface area contributed by atoms with Crippen molar-refractivity contribution in [3.8, 4) is 28.0 Å². The third-order valence-corrected chi connectivity index (χ3v) is 5.35. The second-order valence-electron chi connectivity index (χ2n) is 7.57. The molecule has 0 unspecified atom stereocenters. The van der Waals surface area contributed by atoms with Crippen molar-refractivity contribution in [3.05, 3.63) is 89.5 Å². The first-order valence-corrected chi connectivity index (χ1v) is 10.2. The molecule has 0 aliphatic rings. The van der Waals surface area contributed by atoms with Crippen LogP contribution in [0.25, 0.3) is 33.0 Å². The molecule has 1 nitrogen and oxygen atoms in total. The quantitative estimate of drug-likeness (QED) is 0.263. The Morgan fingerprint density at radius 3 is 2.12 bits per heavy atom. The Kier molecular flexibility index (Phi) is 6.31. The summed E-state index contributed by atoms with van der Waals surface area (Å²) in [6.45, 7) is -1.22. The smallest absolute Gasteiger partial charge is 0.387 e. The summed E-state index contributed by atoms with van der Waals surface area (Å²) in [5.41, 5.74) is 0.671. The summed E-state index contributed by atoms with van der Waals surface area (Å²) in [6, 6.07) is 12.8. The number of alkyl halides is 2. The largest absolute Gasteiger partial charge is 0.432 e. The average Bonchev–Trinajstić information content (AvgIpc) is 2.75. The molecule has 0 bridgehead atoms. The summed E-state index contributed by atoms with van der Waals surface area (Å²) >= 11 is 0. The SMILES string of the molecule is CCCc1ccc(-c2cc(F)c(-c3ccc4c(F)c(OC(F)F)ccc4c3)c(F)c2)c(F)c1. The zero-order chi connectivity index (χ0) is 23.7. The second kappa shape index (κ2) is 9.17. The molecule has 0 N–H and O–H groups in total. The Bertz CT molecular complexity index is 1310. The number of rotatable bonds is 6. The first kappa shape index (κ1) is 22.7. The lowest BCUT2D eigenvalue weighted by molar-refractivity contribution is -0.0520. The zero-order valence-corrected chi connectivity index (χ0v) is 17.4. The standard InChI is InChI=1S/C26H18F6O/c1-2-3-14-4-7-18(20(27)10-14)17-12-21(28)24(22(29)13-17)16-5-8-19-15(11-16)6-9-23(25(19)30)33-26(31)32/h4-13,26H,2-3H2,1H3. The van der Waals surface area contributed by atoms with E-state index in [9.17, 15) is 26.3 Å². The van der Waals surface area contributed by atoms with Crippen molar-refractivity contribution in [2.24, 2.45) is 0 Å². The van der Waals surface area contributed by atoms with E-state index in [4.69, 9.17) is 0 Å². The van der Waals surface area contributed by atoms with Gasteiger partial charge in [-0.25, -0.2) is 17.6 Å². The number of ether oxygens (including phenoxy) is 1. The molecule has 0 heterocycles. The average molecular weight is 460 g/mol. The van der Waals surface area contributed by atoms with E-state index in [1.54, 1.807) is 6.07 Å². The van der Waals surface area contributed by atoms with Gasteiger partial charge in [-0.3, -0.25) is 0 Å². The van der Waals surface area contributed by atoms with E-state index >= 15 is 0 Å². The van der Waals surface area contributed by atoms with E-state index in [0.717, 1.165) is 30.2 Å². The number of aryl methyl sites for hydroxylation is 1. The van der Waals surface area contributed by atoms with Crippen LogP contribution in [-0.2, 0) is 6.42 Å². The minimum Gasteiger partial charge on any atom is -0.432 e. The third kappa shape index (κ3) is 4.53. The van der Waals surface area contributed by atoms with Gasteiger partial charge in [0.15, 0.2) is 11.6 Å². The number of hydrogen-bond acceptors (Lipinski definition) is 1. The van der Waals surface area contributed by atoms with Crippen molar-refractivity contribution in [2.45, 2.75) is 26.4 Å². The highest BCUT2D eigenvalue weighted by molar-refractivity contribution is 5.89. The molecule has 4 rings (SSSR count). The normalized spacial score (nSPS) is 11.4. The van der Waals surface area contributed by atoms with E-state index in [1.807, 2.05) is 6.92 Å². The molecule has 0 aliphatic carbocycles. The molecule has 0 atom stereocenters. The topological polar surface area (TPSA) is 9.23 Å². The highest BCUT2D eigenvalue weighted by Gasteiger charge is 2.18. The molecule has 0 amide bonds. The maximum Gasteiger partial charge on any atom is 0.387 e. The molecule has 4 aromatic rings. The minimum atomic E-state index is -3.19. The van der Waals surface area contributed by atoms with Crippen LogP contribution in [0.1, 0.15) is 18.9 Å². The van der Waals surface area contributed by atoms with Crippen LogP contribution in [-0.4, -0.2) is 6.61 Å². The predicted octanol–water partition coefficient (Wildman–Crippen LogP) is 8.28. The van der Waals surface area contributed by atoms with Crippen LogP contribution in [0.2, 0.25) is 0 Å². The van der Waals surface area contributed by atoms with Crippen LogP contribution >= 0.6 is 0 Å². The lowest BCUT2D eigenvalue weighted by Crippen LogP contribution is -2.03. The Balaban J connectivity index is 1.74. The van der Waals surface area contributed by atoms with Crippen molar-refractivity contribution < 1.29 is 31.1 Å². The van der Waals surface area contributed by atoms with Gasteiger partial charge in [0.05, 0.1) is 5.56 Å². The maximum atomic E-state index is 15.0. The van der Waals surface area contributed by atoms with Crippen LogP contribution in [0, 0.1) is 23.3 Å². The third-order valence-electron chi connectivity index (χ3n) is 5.35. The van der Waals surface area contributed by atoms with Gasteiger partial charge in [-0.2, -0.15) is 8.78 Å². The van der Waals surface area contributed by atoms with E-state index in [0.29, 0.717) is 6.42 Å². The lowest BCUT2D eigenvalue weighted by Gasteiger charge is -2.12. The maximum absolute atomic E-state index is 15.0. The molecule has 0 spiro atoms. The molecule has 0 saturated carbocycles. The minimum absolute atomic E-state index is 0.0384. The van der Waals surface area contributed by atoms with E-state index in [-0.39, 0.29) is 33.0 Å². The molecule has 0 fully saturated rings. The summed E-state index contributed by atoms with van der Waals surface area (Å²) in [4.78, 5) is 0. The van der Waals surface area contributed by atoms with Gasteiger partial charge in [0.2, 0.25) is 0 Å². The second-order valence-corrected chi connectivity index (χ2v) is 7.57. The zero-order valence-electron chi connectivity index (χ0n) is 17.4. The number of fused-ring (bicyclic) bond motifs is 1. The van der Waals surface area contributed by atoms with Crippen molar-refractivity contribution in [1.29, 1.82) is 0 Å². The van der Waals surface area contributed by atoms with E-state index in [1.165, 1.54) is 36.4 Å². The van der Waals surface area contributed by atoms with E-state index < -0.39 is 35.6 Å². The molecule has 7 heteroatoms. The molecule has 4 aromatic carbocycles. The fourth-order valence-corrected chi connectivity index (χ4v) is 3.86. The molecule has 0 aromatic heterocycles. The van der Waals surface area contributed by atoms with Crippen molar-refractivity contribution in [3.63, 3.8) is 0 Å². The van der Waals surface area contributed by atoms with Crippen LogP contribution in [0.3, 0.4) is 0 Å². The molecular formula is C26H18F6O. The molecular weight excluding hydrogens is 442 g/mol. The summed E-state index contributed by atoms with van der Waals surface area (Å²) in [6.07, 6.45) is 1.53. The molecule has 0 radical (unpaired) electrons. The lowest BCUT2D eigenvalue weighted by atomic mass is 9.96. The summed E-state index contributed by atoms with van der Waals surface area (Å²) < 4.78 is 87.9. The Hall–Kier alpha value is -3.48. The van der Waals surface area contributed by atoms with E-state index in [2.05, 4.69) is 4.74 Å². The molecule has 33 heavy (non-hydrogen) atoms. The van der Waals surface area contributed by atoms with Crippen LogP contribution in [0.5, 0.6) is 5.75 Å². The molecule has 0 saturated heterocycles. The van der Waals surface area contributed by atoms with Crippen LogP contribution < -0.4 is 4.74 Å². The fraction of sp³-hybridized carbons (Fsp3) is 0.154. The van der Waals surface area contributed by atoms with Gasteiger partial charge in [0.1, 0.15) is 17.5 Å². The van der Waals surface area contributed by atoms with Crippen LogP contribution in [0.15, 0.2) is 60.7 Å². The van der Waals surface area contributed by atoms with Crippen molar-refractivity contribution in [2.75, 3.05) is 0 Å². The molecule has 170 valence electrons. The number of halogens is 6. The fourth-order valence-electron chi connectivity index (χ4n) is 3.86. The monoisotopic (exact) mass is 460 g/mol.